The number of hydrogen-bond donors (Lipinski definition) is 2. The van der Waals surface area contributed by atoms with Gasteiger partial charge in [-0.1, -0.05) is 17.7 Å². The molecule has 1 fully saturated rings. The van der Waals surface area contributed by atoms with E-state index in [2.05, 4.69) is 23.2 Å². The SMILES string of the molecule is CCN(CCO)c1cccc(Cl)c1CNC1CC1. The van der Waals surface area contributed by atoms with Crippen molar-refractivity contribution in [2.75, 3.05) is 24.6 Å². The molecule has 1 aromatic rings. The van der Waals surface area contributed by atoms with Gasteiger partial charge >= 0.3 is 0 Å². The fourth-order valence-electron chi connectivity index (χ4n) is 2.12. The van der Waals surface area contributed by atoms with E-state index in [1.54, 1.807) is 0 Å². The number of nitrogens with one attached hydrogen (secondary N) is 1. The molecule has 1 saturated carbocycles. The van der Waals surface area contributed by atoms with Crippen LogP contribution in [0.4, 0.5) is 5.69 Å². The molecule has 3 nitrogen and oxygen atoms in total. The molecule has 2 N–H and O–H groups in total. The summed E-state index contributed by atoms with van der Waals surface area (Å²) in [6, 6.07) is 6.65. The zero-order valence-corrected chi connectivity index (χ0v) is 11.6. The Kier molecular flexibility index (Phi) is 4.87. The van der Waals surface area contributed by atoms with E-state index in [9.17, 15) is 0 Å². The Hall–Kier alpha value is -0.770. The molecular formula is C14H21ClN2O. The van der Waals surface area contributed by atoms with Crippen molar-refractivity contribution in [2.24, 2.45) is 0 Å². The monoisotopic (exact) mass is 268 g/mol. The number of benzene rings is 1. The Morgan fingerprint density at radius 3 is 2.83 bits per heavy atom. The van der Waals surface area contributed by atoms with Crippen molar-refractivity contribution in [3.05, 3.63) is 28.8 Å². The molecule has 0 heterocycles. The van der Waals surface area contributed by atoms with Gasteiger partial charge < -0.3 is 15.3 Å². The summed E-state index contributed by atoms with van der Waals surface area (Å²) in [7, 11) is 0. The largest absolute Gasteiger partial charge is 0.395 e. The van der Waals surface area contributed by atoms with E-state index in [1.165, 1.54) is 12.8 Å². The third kappa shape index (κ3) is 3.37. The molecule has 1 aromatic carbocycles. The first-order valence-corrected chi connectivity index (χ1v) is 7.00. The van der Waals surface area contributed by atoms with Gasteiger partial charge in [-0.3, -0.25) is 0 Å². The number of anilines is 1. The lowest BCUT2D eigenvalue weighted by Crippen LogP contribution is -2.28. The highest BCUT2D eigenvalue weighted by Crippen LogP contribution is 2.29. The Morgan fingerprint density at radius 2 is 2.22 bits per heavy atom. The minimum Gasteiger partial charge on any atom is -0.395 e. The summed E-state index contributed by atoms with van der Waals surface area (Å²) in [5.41, 5.74) is 2.27. The summed E-state index contributed by atoms with van der Waals surface area (Å²) < 4.78 is 0. The summed E-state index contributed by atoms with van der Waals surface area (Å²) in [5.74, 6) is 0. The lowest BCUT2D eigenvalue weighted by molar-refractivity contribution is 0.302. The van der Waals surface area contributed by atoms with Gasteiger partial charge in [0, 0.05) is 41.9 Å². The predicted molar refractivity (Wildman–Crippen MR) is 76.3 cm³/mol. The molecule has 0 saturated heterocycles. The highest BCUT2D eigenvalue weighted by Gasteiger charge is 2.21. The molecule has 18 heavy (non-hydrogen) atoms. The quantitative estimate of drug-likeness (QED) is 0.797. The number of rotatable bonds is 7. The summed E-state index contributed by atoms with van der Waals surface area (Å²) >= 11 is 6.31. The van der Waals surface area contributed by atoms with Crippen LogP contribution in [0.3, 0.4) is 0 Å². The van der Waals surface area contributed by atoms with Crippen molar-refractivity contribution in [3.63, 3.8) is 0 Å². The van der Waals surface area contributed by atoms with Gasteiger partial charge in [0.05, 0.1) is 6.61 Å². The minimum absolute atomic E-state index is 0.163. The van der Waals surface area contributed by atoms with Gasteiger partial charge in [-0.2, -0.15) is 0 Å². The van der Waals surface area contributed by atoms with Crippen LogP contribution in [-0.4, -0.2) is 30.8 Å². The molecule has 1 aliphatic carbocycles. The van der Waals surface area contributed by atoms with Crippen LogP contribution < -0.4 is 10.2 Å². The van der Waals surface area contributed by atoms with Gasteiger partial charge in [0.15, 0.2) is 0 Å². The minimum atomic E-state index is 0.163. The first-order valence-electron chi connectivity index (χ1n) is 6.62. The van der Waals surface area contributed by atoms with Gasteiger partial charge in [-0.15, -0.1) is 0 Å². The second-order valence-electron chi connectivity index (χ2n) is 4.70. The van der Waals surface area contributed by atoms with Crippen molar-refractivity contribution < 1.29 is 5.11 Å². The molecule has 2 rings (SSSR count). The molecule has 4 heteroatoms. The summed E-state index contributed by atoms with van der Waals surface area (Å²) in [6.45, 7) is 4.58. The van der Waals surface area contributed by atoms with Crippen LogP contribution >= 0.6 is 11.6 Å². The third-order valence-corrected chi connectivity index (χ3v) is 3.69. The Bertz CT molecular complexity index is 393. The van der Waals surface area contributed by atoms with Crippen molar-refractivity contribution in [3.8, 4) is 0 Å². The highest BCUT2D eigenvalue weighted by molar-refractivity contribution is 6.31. The molecule has 0 spiro atoms. The van der Waals surface area contributed by atoms with Crippen LogP contribution in [0.1, 0.15) is 25.3 Å². The van der Waals surface area contributed by atoms with Crippen molar-refractivity contribution >= 4 is 17.3 Å². The fraction of sp³-hybridized carbons (Fsp3) is 0.571. The third-order valence-electron chi connectivity index (χ3n) is 3.33. The number of aliphatic hydroxyl groups is 1. The maximum absolute atomic E-state index is 9.13. The number of nitrogens with zero attached hydrogens (tertiary/aromatic N) is 1. The van der Waals surface area contributed by atoms with Gasteiger partial charge in [0.25, 0.3) is 0 Å². The van der Waals surface area contributed by atoms with Gasteiger partial charge in [0.2, 0.25) is 0 Å². The van der Waals surface area contributed by atoms with Crippen molar-refractivity contribution in [1.82, 2.24) is 5.32 Å². The molecule has 0 aromatic heterocycles. The van der Waals surface area contributed by atoms with E-state index >= 15 is 0 Å². The topological polar surface area (TPSA) is 35.5 Å². The maximum Gasteiger partial charge on any atom is 0.0606 e. The smallest absolute Gasteiger partial charge is 0.0606 e. The molecule has 100 valence electrons. The Labute approximate surface area is 114 Å². The van der Waals surface area contributed by atoms with E-state index in [4.69, 9.17) is 16.7 Å². The zero-order valence-electron chi connectivity index (χ0n) is 10.8. The molecule has 0 radical (unpaired) electrons. The number of aliphatic hydroxyl groups excluding tert-OH is 1. The molecule has 0 amide bonds. The lowest BCUT2D eigenvalue weighted by atomic mass is 10.1. The van der Waals surface area contributed by atoms with Crippen LogP contribution in [0.5, 0.6) is 0 Å². The highest BCUT2D eigenvalue weighted by atomic mass is 35.5. The molecule has 0 bridgehead atoms. The Balaban J connectivity index is 2.17. The van der Waals surface area contributed by atoms with Crippen molar-refractivity contribution in [2.45, 2.75) is 32.4 Å². The maximum atomic E-state index is 9.13. The van der Waals surface area contributed by atoms with Crippen LogP contribution in [0, 0.1) is 0 Å². The first-order chi connectivity index (χ1) is 8.76. The molecule has 0 unspecified atom stereocenters. The second-order valence-corrected chi connectivity index (χ2v) is 5.10. The van der Waals surface area contributed by atoms with Gasteiger partial charge in [-0.05, 0) is 31.9 Å². The standard InChI is InChI=1S/C14H21ClN2O/c1-2-17(8-9-18)14-5-3-4-13(15)12(14)10-16-11-6-7-11/h3-5,11,16,18H,2,6-10H2,1H3. The van der Waals surface area contributed by atoms with Gasteiger partial charge in [0.1, 0.15) is 0 Å². The Morgan fingerprint density at radius 1 is 1.44 bits per heavy atom. The number of hydrogen-bond acceptors (Lipinski definition) is 3. The van der Waals surface area contributed by atoms with Crippen LogP contribution in [0.15, 0.2) is 18.2 Å². The fourth-order valence-corrected chi connectivity index (χ4v) is 2.36. The number of halogens is 1. The van der Waals surface area contributed by atoms with E-state index < -0.39 is 0 Å². The summed E-state index contributed by atoms with van der Waals surface area (Å²) in [4.78, 5) is 2.16. The number of likely N-dealkylation sites (N-methyl/N-ethyl adjacent to an activating group) is 1. The second kappa shape index (κ2) is 6.41. The molecule has 0 atom stereocenters. The first kappa shape index (κ1) is 13.7. The zero-order chi connectivity index (χ0) is 13.0. The van der Waals surface area contributed by atoms with Crippen LogP contribution in [-0.2, 0) is 6.54 Å². The summed E-state index contributed by atoms with van der Waals surface area (Å²) in [5, 5.41) is 13.4. The normalized spacial score (nSPS) is 14.8. The van der Waals surface area contributed by atoms with Crippen molar-refractivity contribution in [1.29, 1.82) is 0 Å². The molecule has 1 aliphatic rings. The van der Waals surface area contributed by atoms with E-state index in [1.807, 2.05) is 12.1 Å². The van der Waals surface area contributed by atoms with E-state index in [0.717, 1.165) is 29.4 Å². The van der Waals surface area contributed by atoms with Crippen LogP contribution in [0.2, 0.25) is 5.02 Å². The van der Waals surface area contributed by atoms with Gasteiger partial charge in [-0.25, -0.2) is 0 Å². The lowest BCUT2D eigenvalue weighted by Gasteiger charge is -2.25. The van der Waals surface area contributed by atoms with Crippen LogP contribution in [0.25, 0.3) is 0 Å². The molecular weight excluding hydrogens is 248 g/mol. The average Bonchev–Trinajstić information content (AvgIpc) is 3.18. The average molecular weight is 269 g/mol. The summed E-state index contributed by atoms with van der Waals surface area (Å²) in [6.07, 6.45) is 2.54. The molecule has 0 aliphatic heterocycles. The van der Waals surface area contributed by atoms with E-state index in [-0.39, 0.29) is 6.61 Å². The predicted octanol–water partition coefficient (Wildman–Crippen LogP) is 2.41. The van der Waals surface area contributed by atoms with E-state index in [0.29, 0.717) is 12.6 Å².